The molecule has 24 heavy (non-hydrogen) atoms. The molecule has 4 unspecified atom stereocenters. The molecule has 0 saturated heterocycles. The van der Waals surface area contributed by atoms with E-state index in [1.165, 1.54) is 24.6 Å². The van der Waals surface area contributed by atoms with Gasteiger partial charge in [0.1, 0.15) is 5.03 Å². The van der Waals surface area contributed by atoms with Gasteiger partial charge >= 0.3 is 0 Å². The second kappa shape index (κ2) is 6.73. The van der Waals surface area contributed by atoms with E-state index < -0.39 is 0 Å². The number of fused-ring (bicyclic) bond motifs is 3. The van der Waals surface area contributed by atoms with Gasteiger partial charge in [-0.2, -0.15) is 0 Å². The Hall–Kier alpha value is -1.59. The zero-order valence-electron chi connectivity index (χ0n) is 13.5. The fourth-order valence-corrected chi connectivity index (χ4v) is 5.29. The molecule has 1 amide bonds. The molecule has 2 N–H and O–H groups in total. The Morgan fingerprint density at radius 1 is 1.25 bits per heavy atom. The Labute approximate surface area is 146 Å². The molecule has 2 aliphatic carbocycles. The van der Waals surface area contributed by atoms with Gasteiger partial charge in [0.2, 0.25) is 5.91 Å². The lowest BCUT2D eigenvalue weighted by atomic mass is 9.85. The first-order chi connectivity index (χ1) is 11.8. The number of aliphatic hydroxyl groups is 1. The molecule has 2 fully saturated rings. The normalized spacial score (nSPS) is 28.4. The van der Waals surface area contributed by atoms with Gasteiger partial charge in [-0.1, -0.05) is 36.0 Å². The summed E-state index contributed by atoms with van der Waals surface area (Å²) in [5.41, 5.74) is 0. The molecule has 1 heterocycles. The van der Waals surface area contributed by atoms with Crippen LogP contribution in [-0.2, 0) is 4.79 Å². The van der Waals surface area contributed by atoms with Crippen LogP contribution in [0.4, 0.5) is 0 Å². The zero-order chi connectivity index (χ0) is 16.5. The van der Waals surface area contributed by atoms with E-state index >= 15 is 0 Å². The van der Waals surface area contributed by atoms with Crippen LogP contribution in [0.2, 0.25) is 0 Å². The summed E-state index contributed by atoms with van der Waals surface area (Å²) in [7, 11) is 0. The average Bonchev–Trinajstić information content (AvgIpc) is 3.21. The third-order valence-corrected chi connectivity index (χ3v) is 6.61. The number of rotatable bonds is 5. The van der Waals surface area contributed by atoms with Crippen molar-refractivity contribution in [2.24, 2.45) is 17.8 Å². The van der Waals surface area contributed by atoms with Gasteiger partial charge in [-0.15, -0.1) is 0 Å². The van der Waals surface area contributed by atoms with E-state index in [-0.39, 0.29) is 24.5 Å². The van der Waals surface area contributed by atoms with E-state index in [0.29, 0.717) is 17.6 Å². The molecule has 2 bridgehead atoms. The number of carbonyl (C=O) groups is 1. The highest BCUT2D eigenvalue weighted by atomic mass is 32.2. The van der Waals surface area contributed by atoms with Gasteiger partial charge in [0.05, 0.1) is 5.75 Å². The smallest absolute Gasteiger partial charge is 0.230 e. The highest BCUT2D eigenvalue weighted by Crippen LogP contribution is 2.48. The molecule has 2 aliphatic rings. The molecule has 0 radical (unpaired) electrons. The molecule has 126 valence electrons. The van der Waals surface area contributed by atoms with Crippen molar-refractivity contribution in [3.8, 4) is 0 Å². The number of amides is 1. The summed E-state index contributed by atoms with van der Waals surface area (Å²) >= 11 is 1.48. The number of nitrogens with zero attached hydrogens (tertiary/aromatic N) is 1. The van der Waals surface area contributed by atoms with Crippen molar-refractivity contribution in [1.82, 2.24) is 10.3 Å². The molecule has 4 rings (SSSR count). The minimum Gasteiger partial charge on any atom is -0.396 e. The molecule has 5 heteroatoms. The summed E-state index contributed by atoms with van der Waals surface area (Å²) < 4.78 is 0. The molecular formula is C19H22N2O2S. The monoisotopic (exact) mass is 342 g/mol. The van der Waals surface area contributed by atoms with Gasteiger partial charge in [-0.05, 0) is 42.6 Å². The number of carbonyl (C=O) groups excluding carboxylic acids is 1. The molecule has 2 saturated carbocycles. The Bertz CT molecular complexity index is 746. The van der Waals surface area contributed by atoms with Gasteiger partial charge in [0.25, 0.3) is 0 Å². The lowest BCUT2D eigenvalue weighted by molar-refractivity contribution is -0.120. The first-order valence-electron chi connectivity index (χ1n) is 8.63. The topological polar surface area (TPSA) is 62.2 Å². The second-order valence-corrected chi connectivity index (χ2v) is 7.86. The van der Waals surface area contributed by atoms with Crippen LogP contribution in [0.25, 0.3) is 10.8 Å². The third kappa shape index (κ3) is 2.91. The SMILES string of the molecule is O=C(CSc1nccc2ccccc12)NC1C2CCC(C2)C1CO. The molecule has 1 aromatic heterocycles. The average molecular weight is 342 g/mol. The van der Waals surface area contributed by atoms with Crippen LogP contribution in [0, 0.1) is 17.8 Å². The first-order valence-corrected chi connectivity index (χ1v) is 9.61. The van der Waals surface area contributed by atoms with Gasteiger partial charge in [-0.25, -0.2) is 4.98 Å². The number of pyridine rings is 1. The van der Waals surface area contributed by atoms with Crippen molar-refractivity contribution in [3.05, 3.63) is 36.5 Å². The van der Waals surface area contributed by atoms with E-state index in [9.17, 15) is 9.90 Å². The van der Waals surface area contributed by atoms with E-state index in [4.69, 9.17) is 0 Å². The van der Waals surface area contributed by atoms with E-state index in [0.717, 1.165) is 22.2 Å². The molecular weight excluding hydrogens is 320 g/mol. The summed E-state index contributed by atoms with van der Waals surface area (Å²) in [5, 5.41) is 15.9. The van der Waals surface area contributed by atoms with Crippen molar-refractivity contribution in [3.63, 3.8) is 0 Å². The fraction of sp³-hybridized carbons (Fsp3) is 0.474. The molecule has 4 nitrogen and oxygen atoms in total. The number of hydrogen-bond donors (Lipinski definition) is 2. The van der Waals surface area contributed by atoms with Crippen molar-refractivity contribution < 1.29 is 9.90 Å². The number of thioether (sulfide) groups is 1. The van der Waals surface area contributed by atoms with Crippen molar-refractivity contribution in [1.29, 1.82) is 0 Å². The van der Waals surface area contributed by atoms with Gasteiger partial charge in [0, 0.05) is 30.1 Å². The predicted molar refractivity (Wildman–Crippen MR) is 95.8 cm³/mol. The standard InChI is InChI=1S/C19H22N2O2S/c22-10-16-13-5-6-14(9-13)18(16)21-17(23)11-24-19-15-4-2-1-3-12(15)7-8-20-19/h1-4,7-8,13-14,16,18,22H,5-6,9-11H2,(H,21,23). The highest BCUT2D eigenvalue weighted by Gasteiger charge is 2.47. The van der Waals surface area contributed by atoms with Crippen molar-refractivity contribution >= 4 is 28.4 Å². The fourth-order valence-electron chi connectivity index (χ4n) is 4.47. The van der Waals surface area contributed by atoms with Gasteiger partial charge in [-0.3, -0.25) is 4.79 Å². The highest BCUT2D eigenvalue weighted by molar-refractivity contribution is 8.00. The largest absolute Gasteiger partial charge is 0.396 e. The number of benzene rings is 1. The molecule has 2 aromatic rings. The van der Waals surface area contributed by atoms with Crippen LogP contribution >= 0.6 is 11.8 Å². The summed E-state index contributed by atoms with van der Waals surface area (Å²) in [6.07, 6.45) is 5.34. The van der Waals surface area contributed by atoms with E-state index in [2.05, 4.69) is 16.4 Å². The molecule has 0 aliphatic heterocycles. The van der Waals surface area contributed by atoms with E-state index in [1.807, 2.05) is 24.3 Å². The minimum atomic E-state index is 0.0470. The van der Waals surface area contributed by atoms with E-state index in [1.54, 1.807) is 6.20 Å². The van der Waals surface area contributed by atoms with Crippen LogP contribution in [0.1, 0.15) is 19.3 Å². The van der Waals surface area contributed by atoms with Crippen LogP contribution in [0.5, 0.6) is 0 Å². The van der Waals surface area contributed by atoms with Crippen LogP contribution in [0.15, 0.2) is 41.6 Å². The van der Waals surface area contributed by atoms with Crippen molar-refractivity contribution in [2.75, 3.05) is 12.4 Å². The summed E-state index contributed by atoms with van der Waals surface area (Å²) in [6, 6.07) is 10.2. The maximum atomic E-state index is 12.4. The van der Waals surface area contributed by atoms with Crippen LogP contribution in [-0.4, -0.2) is 34.4 Å². The quantitative estimate of drug-likeness (QED) is 0.820. The van der Waals surface area contributed by atoms with Crippen LogP contribution in [0.3, 0.4) is 0 Å². The molecule has 0 spiro atoms. The summed E-state index contributed by atoms with van der Waals surface area (Å²) in [5.74, 6) is 1.81. The Morgan fingerprint density at radius 2 is 2.08 bits per heavy atom. The Balaban J connectivity index is 1.40. The number of aliphatic hydroxyl groups excluding tert-OH is 1. The first kappa shape index (κ1) is 15.9. The van der Waals surface area contributed by atoms with Crippen molar-refractivity contribution in [2.45, 2.75) is 30.3 Å². The molecule has 4 atom stereocenters. The Kier molecular flexibility index (Phi) is 4.46. The maximum absolute atomic E-state index is 12.4. The lowest BCUT2D eigenvalue weighted by Crippen LogP contribution is -2.45. The number of hydrogen-bond acceptors (Lipinski definition) is 4. The zero-order valence-corrected chi connectivity index (χ0v) is 14.3. The van der Waals surface area contributed by atoms with Gasteiger partial charge in [0.15, 0.2) is 0 Å². The maximum Gasteiger partial charge on any atom is 0.230 e. The number of aromatic nitrogens is 1. The minimum absolute atomic E-state index is 0.0470. The predicted octanol–water partition coefficient (Wildman–Crippen LogP) is 2.85. The summed E-state index contributed by atoms with van der Waals surface area (Å²) in [4.78, 5) is 16.8. The molecule has 1 aromatic carbocycles. The second-order valence-electron chi connectivity index (χ2n) is 6.90. The summed E-state index contributed by atoms with van der Waals surface area (Å²) in [6.45, 7) is 0.185. The number of nitrogens with one attached hydrogen (secondary N) is 1. The third-order valence-electron chi connectivity index (χ3n) is 5.60. The lowest BCUT2D eigenvalue weighted by Gasteiger charge is -2.30. The van der Waals surface area contributed by atoms with Crippen LogP contribution < -0.4 is 5.32 Å². The van der Waals surface area contributed by atoms with Gasteiger partial charge < -0.3 is 10.4 Å². The Morgan fingerprint density at radius 3 is 2.96 bits per heavy atom.